The van der Waals surface area contributed by atoms with E-state index in [-0.39, 0.29) is 13.2 Å². The summed E-state index contributed by atoms with van der Waals surface area (Å²) >= 11 is 0. The van der Waals surface area contributed by atoms with Crippen molar-refractivity contribution in [1.82, 2.24) is 4.90 Å². The van der Waals surface area contributed by atoms with Gasteiger partial charge in [-0.05, 0) is 12.8 Å². The molecule has 0 rings (SSSR count). The Hall–Kier alpha value is -0.120. The lowest BCUT2D eigenvalue weighted by Gasteiger charge is -2.31. The van der Waals surface area contributed by atoms with Crippen LogP contribution in [0.25, 0.3) is 0 Å². The van der Waals surface area contributed by atoms with Gasteiger partial charge in [-0.25, -0.2) is 0 Å². The first-order chi connectivity index (χ1) is 12.3. The molecule has 0 aromatic carbocycles. The summed E-state index contributed by atoms with van der Waals surface area (Å²) in [5, 5.41) is 18.7. The van der Waals surface area contributed by atoms with Crippen LogP contribution in [0.4, 0.5) is 0 Å². The van der Waals surface area contributed by atoms with Gasteiger partial charge in [-0.2, -0.15) is 0 Å². The standard InChI is InChI=1S/C22H47NO2/c1-3-5-7-9-11-13-15-17-22(23(18-20-24)19-21-25)16-14-12-10-8-6-4-2/h22,24-25H,3-21H2,1-2H3. The van der Waals surface area contributed by atoms with Gasteiger partial charge in [0.05, 0.1) is 13.2 Å². The molecule has 0 fully saturated rings. The highest BCUT2D eigenvalue weighted by molar-refractivity contribution is 4.72. The van der Waals surface area contributed by atoms with E-state index in [1.165, 1.54) is 96.3 Å². The van der Waals surface area contributed by atoms with Crippen molar-refractivity contribution in [1.29, 1.82) is 0 Å². The van der Waals surface area contributed by atoms with Gasteiger partial charge in [0.1, 0.15) is 0 Å². The summed E-state index contributed by atoms with van der Waals surface area (Å²) in [4.78, 5) is 2.32. The van der Waals surface area contributed by atoms with Crippen LogP contribution in [0.3, 0.4) is 0 Å². The molecule has 0 aromatic heterocycles. The molecule has 0 radical (unpaired) electrons. The summed E-state index contributed by atoms with van der Waals surface area (Å²) in [5.41, 5.74) is 0. The van der Waals surface area contributed by atoms with Crippen molar-refractivity contribution in [3.05, 3.63) is 0 Å². The lowest BCUT2D eigenvalue weighted by atomic mass is 9.98. The van der Waals surface area contributed by atoms with Crippen molar-refractivity contribution < 1.29 is 10.2 Å². The van der Waals surface area contributed by atoms with E-state index in [2.05, 4.69) is 18.7 Å². The van der Waals surface area contributed by atoms with Gasteiger partial charge in [-0.1, -0.05) is 97.3 Å². The minimum atomic E-state index is 0.198. The van der Waals surface area contributed by atoms with E-state index < -0.39 is 0 Å². The second kappa shape index (κ2) is 20.2. The van der Waals surface area contributed by atoms with Crippen molar-refractivity contribution in [2.75, 3.05) is 26.3 Å². The predicted molar refractivity (Wildman–Crippen MR) is 110 cm³/mol. The van der Waals surface area contributed by atoms with Gasteiger partial charge in [0.15, 0.2) is 0 Å². The van der Waals surface area contributed by atoms with Gasteiger partial charge in [0.2, 0.25) is 0 Å². The molecule has 1 atom stereocenters. The van der Waals surface area contributed by atoms with Gasteiger partial charge in [-0.3, -0.25) is 4.90 Å². The SMILES string of the molecule is CCCCCCCCCC(CCCCCCCC)N(CCO)CCO. The zero-order valence-electron chi connectivity index (χ0n) is 17.4. The fourth-order valence-corrected chi connectivity index (χ4v) is 3.74. The van der Waals surface area contributed by atoms with Crippen LogP contribution >= 0.6 is 0 Å². The average Bonchev–Trinajstić information content (AvgIpc) is 2.62. The molecule has 0 bridgehead atoms. The van der Waals surface area contributed by atoms with Crippen molar-refractivity contribution >= 4 is 0 Å². The van der Waals surface area contributed by atoms with Crippen LogP contribution in [-0.4, -0.2) is 47.5 Å². The molecular weight excluding hydrogens is 310 g/mol. The van der Waals surface area contributed by atoms with Crippen LogP contribution in [-0.2, 0) is 0 Å². The smallest absolute Gasteiger partial charge is 0.0558 e. The zero-order valence-corrected chi connectivity index (χ0v) is 17.4. The van der Waals surface area contributed by atoms with Crippen molar-refractivity contribution in [2.24, 2.45) is 0 Å². The highest BCUT2D eigenvalue weighted by atomic mass is 16.3. The molecule has 25 heavy (non-hydrogen) atoms. The highest BCUT2D eigenvalue weighted by Gasteiger charge is 2.17. The molecule has 0 spiro atoms. The number of aliphatic hydroxyl groups is 2. The van der Waals surface area contributed by atoms with E-state index in [9.17, 15) is 10.2 Å². The normalized spacial score (nSPS) is 12.8. The Morgan fingerprint density at radius 1 is 0.560 bits per heavy atom. The van der Waals surface area contributed by atoms with Gasteiger partial charge >= 0.3 is 0 Å². The van der Waals surface area contributed by atoms with Crippen LogP contribution in [0.2, 0.25) is 0 Å². The summed E-state index contributed by atoms with van der Waals surface area (Å²) in [6.45, 7) is 6.34. The fourth-order valence-electron chi connectivity index (χ4n) is 3.74. The number of nitrogens with zero attached hydrogens (tertiary/aromatic N) is 1. The fraction of sp³-hybridized carbons (Fsp3) is 1.00. The number of hydrogen-bond donors (Lipinski definition) is 2. The Kier molecular flexibility index (Phi) is 20.1. The maximum Gasteiger partial charge on any atom is 0.0558 e. The molecule has 0 saturated heterocycles. The van der Waals surface area contributed by atoms with Crippen molar-refractivity contribution in [2.45, 2.75) is 116 Å². The Balaban J connectivity index is 4.09. The maximum atomic E-state index is 9.35. The third-order valence-corrected chi connectivity index (χ3v) is 5.32. The van der Waals surface area contributed by atoms with E-state index in [1.54, 1.807) is 0 Å². The molecule has 0 aliphatic heterocycles. The molecule has 2 N–H and O–H groups in total. The molecular formula is C22H47NO2. The summed E-state index contributed by atoms with van der Waals surface area (Å²) in [6, 6.07) is 0.543. The predicted octanol–water partition coefficient (Wildman–Crippen LogP) is 5.53. The van der Waals surface area contributed by atoms with E-state index in [4.69, 9.17) is 0 Å². The largest absolute Gasteiger partial charge is 0.395 e. The molecule has 3 nitrogen and oxygen atoms in total. The molecule has 0 aliphatic carbocycles. The number of unbranched alkanes of at least 4 members (excludes halogenated alkanes) is 11. The summed E-state index contributed by atoms with van der Waals surface area (Å²) < 4.78 is 0. The summed E-state index contributed by atoms with van der Waals surface area (Å²) in [7, 11) is 0. The average molecular weight is 358 g/mol. The molecule has 0 aliphatic rings. The highest BCUT2D eigenvalue weighted by Crippen LogP contribution is 2.18. The van der Waals surface area contributed by atoms with Crippen molar-refractivity contribution in [3.8, 4) is 0 Å². The Labute approximate surface area is 158 Å². The first-order valence-electron chi connectivity index (χ1n) is 11.3. The molecule has 3 heteroatoms. The molecule has 1 unspecified atom stereocenters. The Bertz CT molecular complexity index is 242. The zero-order chi connectivity index (χ0) is 18.6. The monoisotopic (exact) mass is 357 g/mol. The van der Waals surface area contributed by atoms with Crippen LogP contribution < -0.4 is 0 Å². The first-order valence-corrected chi connectivity index (χ1v) is 11.3. The summed E-state index contributed by atoms with van der Waals surface area (Å²) in [6.07, 6.45) is 19.9. The second-order valence-corrected chi connectivity index (χ2v) is 7.60. The van der Waals surface area contributed by atoms with Gasteiger partial charge < -0.3 is 10.2 Å². The lowest BCUT2D eigenvalue weighted by Crippen LogP contribution is -2.39. The molecule has 0 saturated carbocycles. The van der Waals surface area contributed by atoms with Crippen LogP contribution in [0.5, 0.6) is 0 Å². The van der Waals surface area contributed by atoms with E-state index in [0.717, 1.165) is 0 Å². The molecule has 0 aromatic rings. The van der Waals surface area contributed by atoms with E-state index in [1.807, 2.05) is 0 Å². The van der Waals surface area contributed by atoms with Gasteiger partial charge in [0, 0.05) is 19.1 Å². The van der Waals surface area contributed by atoms with Crippen molar-refractivity contribution in [3.63, 3.8) is 0 Å². The Morgan fingerprint density at radius 2 is 0.920 bits per heavy atom. The minimum Gasteiger partial charge on any atom is -0.395 e. The quantitative estimate of drug-likeness (QED) is 0.281. The van der Waals surface area contributed by atoms with E-state index >= 15 is 0 Å². The first kappa shape index (κ1) is 24.9. The molecule has 0 amide bonds. The van der Waals surface area contributed by atoms with Crippen LogP contribution in [0.1, 0.15) is 110 Å². The maximum absolute atomic E-state index is 9.35. The van der Waals surface area contributed by atoms with Gasteiger partial charge in [0.25, 0.3) is 0 Å². The van der Waals surface area contributed by atoms with Crippen LogP contribution in [0.15, 0.2) is 0 Å². The third kappa shape index (κ3) is 15.8. The number of aliphatic hydroxyl groups excluding tert-OH is 2. The number of rotatable bonds is 20. The number of hydrogen-bond acceptors (Lipinski definition) is 3. The Morgan fingerprint density at radius 3 is 1.28 bits per heavy atom. The lowest BCUT2D eigenvalue weighted by molar-refractivity contribution is 0.109. The topological polar surface area (TPSA) is 43.7 Å². The third-order valence-electron chi connectivity index (χ3n) is 5.32. The van der Waals surface area contributed by atoms with Gasteiger partial charge in [-0.15, -0.1) is 0 Å². The van der Waals surface area contributed by atoms with E-state index in [0.29, 0.717) is 19.1 Å². The van der Waals surface area contributed by atoms with Crippen LogP contribution in [0, 0.1) is 0 Å². The molecule has 152 valence electrons. The second-order valence-electron chi connectivity index (χ2n) is 7.60. The minimum absolute atomic E-state index is 0.198. The summed E-state index contributed by atoms with van der Waals surface area (Å²) in [5.74, 6) is 0. The molecule has 0 heterocycles.